The number of aromatic nitrogens is 1. The van der Waals surface area contributed by atoms with Crippen LogP contribution >= 0.6 is 0 Å². The molecule has 0 aliphatic heterocycles. The second-order valence-corrected chi connectivity index (χ2v) is 5.26. The fourth-order valence-electron chi connectivity index (χ4n) is 2.60. The summed E-state index contributed by atoms with van der Waals surface area (Å²) in [5.41, 5.74) is 3.85. The standard InChI is InChI=1S/C17H23NO2/c1-4-20-17(19)7-5-6-10-18-14(3)12-15-11-13(2)8-9-16(15)18/h8-9,11-12H,4-7,10H2,1-3H3. The van der Waals surface area contributed by atoms with Gasteiger partial charge in [-0.1, -0.05) is 11.6 Å². The van der Waals surface area contributed by atoms with E-state index in [9.17, 15) is 4.79 Å². The number of fused-ring (bicyclic) bond motifs is 1. The van der Waals surface area contributed by atoms with Crippen LogP contribution in [-0.4, -0.2) is 17.1 Å². The molecule has 2 aromatic rings. The van der Waals surface area contributed by atoms with Gasteiger partial charge in [-0.15, -0.1) is 0 Å². The summed E-state index contributed by atoms with van der Waals surface area (Å²) in [6.45, 7) is 7.53. The van der Waals surface area contributed by atoms with Gasteiger partial charge in [0, 0.05) is 29.6 Å². The maximum Gasteiger partial charge on any atom is 0.305 e. The smallest absolute Gasteiger partial charge is 0.305 e. The maximum absolute atomic E-state index is 11.3. The molecule has 108 valence electrons. The molecule has 1 heterocycles. The van der Waals surface area contributed by atoms with Gasteiger partial charge in [-0.25, -0.2) is 0 Å². The Kier molecular flexibility index (Phi) is 4.83. The lowest BCUT2D eigenvalue weighted by Gasteiger charge is -2.08. The molecule has 0 N–H and O–H groups in total. The fourth-order valence-corrected chi connectivity index (χ4v) is 2.60. The van der Waals surface area contributed by atoms with Crippen LogP contribution in [0.25, 0.3) is 10.9 Å². The van der Waals surface area contributed by atoms with Crippen LogP contribution in [-0.2, 0) is 16.1 Å². The van der Waals surface area contributed by atoms with E-state index in [2.05, 4.69) is 42.7 Å². The van der Waals surface area contributed by atoms with E-state index in [1.165, 1.54) is 22.2 Å². The van der Waals surface area contributed by atoms with Gasteiger partial charge >= 0.3 is 5.97 Å². The number of rotatable bonds is 6. The third-order valence-corrected chi connectivity index (χ3v) is 3.58. The summed E-state index contributed by atoms with van der Waals surface area (Å²) in [6, 6.07) is 8.78. The first-order valence-electron chi connectivity index (χ1n) is 7.34. The number of carbonyl (C=O) groups is 1. The molecular formula is C17H23NO2. The van der Waals surface area contributed by atoms with Crippen LogP contribution < -0.4 is 0 Å². The Labute approximate surface area is 120 Å². The molecule has 0 fully saturated rings. The van der Waals surface area contributed by atoms with Crippen molar-refractivity contribution in [3.63, 3.8) is 0 Å². The van der Waals surface area contributed by atoms with Gasteiger partial charge in [0.25, 0.3) is 0 Å². The fraction of sp³-hybridized carbons (Fsp3) is 0.471. The number of aryl methyl sites for hydroxylation is 3. The maximum atomic E-state index is 11.3. The molecule has 0 saturated carbocycles. The predicted octanol–water partition coefficient (Wildman–Crippen LogP) is 3.99. The Morgan fingerprint density at radius 3 is 2.75 bits per heavy atom. The van der Waals surface area contributed by atoms with E-state index in [1.807, 2.05) is 6.92 Å². The third kappa shape index (κ3) is 3.41. The molecule has 2 rings (SSSR count). The van der Waals surface area contributed by atoms with Crippen LogP contribution in [0.1, 0.15) is 37.4 Å². The zero-order valence-corrected chi connectivity index (χ0v) is 12.6. The molecule has 0 saturated heterocycles. The van der Waals surface area contributed by atoms with Crippen molar-refractivity contribution in [1.82, 2.24) is 4.57 Å². The van der Waals surface area contributed by atoms with Gasteiger partial charge in [0.2, 0.25) is 0 Å². The summed E-state index contributed by atoms with van der Waals surface area (Å²) < 4.78 is 7.27. The van der Waals surface area contributed by atoms with Gasteiger partial charge < -0.3 is 9.30 Å². The van der Waals surface area contributed by atoms with E-state index in [4.69, 9.17) is 4.74 Å². The third-order valence-electron chi connectivity index (χ3n) is 3.58. The van der Waals surface area contributed by atoms with Crippen molar-refractivity contribution in [1.29, 1.82) is 0 Å². The van der Waals surface area contributed by atoms with Crippen LogP contribution in [0, 0.1) is 13.8 Å². The Morgan fingerprint density at radius 1 is 1.20 bits per heavy atom. The van der Waals surface area contributed by atoms with Crippen molar-refractivity contribution in [3.05, 3.63) is 35.5 Å². The molecule has 1 aromatic heterocycles. The number of esters is 1. The number of carbonyl (C=O) groups excluding carboxylic acids is 1. The van der Waals surface area contributed by atoms with Gasteiger partial charge in [-0.2, -0.15) is 0 Å². The van der Waals surface area contributed by atoms with Crippen molar-refractivity contribution in [3.8, 4) is 0 Å². The minimum Gasteiger partial charge on any atom is -0.466 e. The lowest BCUT2D eigenvalue weighted by molar-refractivity contribution is -0.143. The van der Waals surface area contributed by atoms with Crippen molar-refractivity contribution >= 4 is 16.9 Å². The van der Waals surface area contributed by atoms with Crippen molar-refractivity contribution in [2.24, 2.45) is 0 Å². The molecule has 0 unspecified atom stereocenters. The average molecular weight is 273 g/mol. The number of benzene rings is 1. The van der Waals surface area contributed by atoms with E-state index in [0.29, 0.717) is 13.0 Å². The quantitative estimate of drug-likeness (QED) is 0.588. The van der Waals surface area contributed by atoms with E-state index in [-0.39, 0.29) is 5.97 Å². The number of unbranched alkanes of at least 4 members (excludes halogenated alkanes) is 1. The zero-order chi connectivity index (χ0) is 14.5. The lowest BCUT2D eigenvalue weighted by atomic mass is 10.2. The summed E-state index contributed by atoms with van der Waals surface area (Å²) >= 11 is 0. The van der Waals surface area contributed by atoms with Gasteiger partial charge in [-0.3, -0.25) is 4.79 Å². The van der Waals surface area contributed by atoms with Crippen molar-refractivity contribution < 1.29 is 9.53 Å². The molecular weight excluding hydrogens is 250 g/mol. The normalized spacial score (nSPS) is 10.9. The van der Waals surface area contributed by atoms with Crippen LogP contribution in [0.4, 0.5) is 0 Å². The number of nitrogens with zero attached hydrogens (tertiary/aromatic N) is 1. The summed E-state index contributed by atoms with van der Waals surface area (Å²) in [6.07, 6.45) is 2.40. The number of hydrogen-bond donors (Lipinski definition) is 0. The Morgan fingerprint density at radius 2 is 2.00 bits per heavy atom. The van der Waals surface area contributed by atoms with Gasteiger partial charge in [0.05, 0.1) is 6.61 Å². The second kappa shape index (κ2) is 6.60. The summed E-state index contributed by atoms with van der Waals surface area (Å²) in [4.78, 5) is 11.3. The van der Waals surface area contributed by atoms with E-state index < -0.39 is 0 Å². The summed E-state index contributed by atoms with van der Waals surface area (Å²) in [7, 11) is 0. The molecule has 0 aliphatic carbocycles. The molecule has 1 aromatic carbocycles. The van der Waals surface area contributed by atoms with Gasteiger partial charge in [0.1, 0.15) is 0 Å². The van der Waals surface area contributed by atoms with E-state index >= 15 is 0 Å². The highest BCUT2D eigenvalue weighted by Gasteiger charge is 2.06. The highest BCUT2D eigenvalue weighted by atomic mass is 16.5. The average Bonchev–Trinajstić information content (AvgIpc) is 2.70. The SMILES string of the molecule is CCOC(=O)CCCCn1c(C)cc2cc(C)ccc21. The van der Waals surface area contributed by atoms with Crippen LogP contribution in [0.5, 0.6) is 0 Å². The van der Waals surface area contributed by atoms with E-state index in [1.54, 1.807) is 0 Å². The monoisotopic (exact) mass is 273 g/mol. The minimum absolute atomic E-state index is 0.0859. The predicted molar refractivity (Wildman–Crippen MR) is 81.9 cm³/mol. The largest absolute Gasteiger partial charge is 0.466 e. The first-order valence-corrected chi connectivity index (χ1v) is 7.34. The minimum atomic E-state index is -0.0859. The van der Waals surface area contributed by atoms with Crippen molar-refractivity contribution in [2.45, 2.75) is 46.6 Å². The molecule has 0 radical (unpaired) electrons. The highest BCUT2D eigenvalue weighted by Crippen LogP contribution is 2.21. The molecule has 0 atom stereocenters. The van der Waals surface area contributed by atoms with Crippen LogP contribution in [0.3, 0.4) is 0 Å². The molecule has 20 heavy (non-hydrogen) atoms. The number of hydrogen-bond acceptors (Lipinski definition) is 2. The topological polar surface area (TPSA) is 31.2 Å². The first kappa shape index (κ1) is 14.6. The number of ether oxygens (including phenoxy) is 1. The summed E-state index contributed by atoms with van der Waals surface area (Å²) in [5, 5.41) is 1.30. The second-order valence-electron chi connectivity index (χ2n) is 5.26. The molecule has 0 amide bonds. The zero-order valence-electron chi connectivity index (χ0n) is 12.6. The summed E-state index contributed by atoms with van der Waals surface area (Å²) in [5.74, 6) is -0.0859. The van der Waals surface area contributed by atoms with Gasteiger partial charge in [0.15, 0.2) is 0 Å². The molecule has 3 heteroatoms. The Balaban J connectivity index is 1.96. The Hall–Kier alpha value is -1.77. The van der Waals surface area contributed by atoms with Crippen LogP contribution in [0.15, 0.2) is 24.3 Å². The Bertz CT molecular complexity index is 598. The van der Waals surface area contributed by atoms with E-state index in [0.717, 1.165) is 19.4 Å². The molecule has 0 spiro atoms. The van der Waals surface area contributed by atoms with Crippen molar-refractivity contribution in [2.75, 3.05) is 6.61 Å². The molecule has 0 bridgehead atoms. The molecule has 0 aliphatic rings. The first-order chi connectivity index (χ1) is 9.61. The molecule has 3 nitrogen and oxygen atoms in total. The van der Waals surface area contributed by atoms with Gasteiger partial charge in [-0.05, 0) is 51.8 Å². The highest BCUT2D eigenvalue weighted by molar-refractivity contribution is 5.82. The lowest BCUT2D eigenvalue weighted by Crippen LogP contribution is -2.05. The van der Waals surface area contributed by atoms with Crippen LogP contribution in [0.2, 0.25) is 0 Å².